The van der Waals surface area contributed by atoms with Gasteiger partial charge in [0.15, 0.2) is 0 Å². The van der Waals surface area contributed by atoms with Crippen molar-refractivity contribution in [3.8, 4) is 11.5 Å². The van der Waals surface area contributed by atoms with E-state index < -0.39 is 5.91 Å². The van der Waals surface area contributed by atoms with Crippen molar-refractivity contribution in [3.05, 3.63) is 23.8 Å². The number of nitrogens with one attached hydrogen (secondary N) is 2. The molecular weight excluding hydrogens is 296 g/mol. The average Bonchev–Trinajstić information content (AvgIpc) is 2.59. The number of carbonyl (C=O) groups is 2. The zero-order chi connectivity index (χ0) is 16.7. The summed E-state index contributed by atoms with van der Waals surface area (Å²) in [5, 5.41) is 5.59. The van der Waals surface area contributed by atoms with Crippen LogP contribution in [0.25, 0.3) is 0 Å². The Kier molecular flexibility index (Phi) is 6.26. The molecule has 0 unspecified atom stereocenters. The SMILES string of the molecule is COc1cccc(OC)c1C(=O)NCC(=O)NC1CCCCC1. The second-order valence-electron chi connectivity index (χ2n) is 5.62. The fraction of sp³-hybridized carbons (Fsp3) is 0.529. The zero-order valence-corrected chi connectivity index (χ0v) is 13.7. The normalized spacial score (nSPS) is 14.9. The average molecular weight is 320 g/mol. The lowest BCUT2D eigenvalue weighted by Gasteiger charge is -2.22. The predicted molar refractivity (Wildman–Crippen MR) is 86.9 cm³/mol. The van der Waals surface area contributed by atoms with Gasteiger partial charge in [0, 0.05) is 6.04 Å². The van der Waals surface area contributed by atoms with Gasteiger partial charge in [-0.05, 0) is 25.0 Å². The van der Waals surface area contributed by atoms with Crippen LogP contribution in [0.4, 0.5) is 0 Å². The zero-order valence-electron chi connectivity index (χ0n) is 13.7. The maximum absolute atomic E-state index is 12.3. The maximum atomic E-state index is 12.3. The van der Waals surface area contributed by atoms with E-state index in [1.165, 1.54) is 20.6 Å². The van der Waals surface area contributed by atoms with Crippen molar-refractivity contribution in [2.24, 2.45) is 0 Å². The topological polar surface area (TPSA) is 76.7 Å². The summed E-state index contributed by atoms with van der Waals surface area (Å²) in [6, 6.07) is 5.33. The summed E-state index contributed by atoms with van der Waals surface area (Å²) in [5.41, 5.74) is 0.294. The molecule has 0 aliphatic heterocycles. The molecule has 1 aliphatic rings. The van der Waals surface area contributed by atoms with Crippen LogP contribution in [-0.4, -0.2) is 38.6 Å². The smallest absolute Gasteiger partial charge is 0.259 e. The number of carbonyl (C=O) groups excluding carboxylic acids is 2. The molecule has 0 heterocycles. The highest BCUT2D eigenvalue weighted by Gasteiger charge is 2.20. The van der Waals surface area contributed by atoms with Crippen molar-refractivity contribution in [3.63, 3.8) is 0 Å². The summed E-state index contributed by atoms with van der Waals surface area (Å²) in [6.07, 6.45) is 5.56. The predicted octanol–water partition coefficient (Wildman–Crippen LogP) is 1.88. The summed E-state index contributed by atoms with van der Waals surface area (Å²) >= 11 is 0. The van der Waals surface area contributed by atoms with Gasteiger partial charge in [-0.3, -0.25) is 9.59 Å². The number of benzene rings is 1. The molecule has 23 heavy (non-hydrogen) atoms. The first-order chi connectivity index (χ1) is 11.2. The van der Waals surface area contributed by atoms with Crippen LogP contribution >= 0.6 is 0 Å². The molecule has 0 spiro atoms. The summed E-state index contributed by atoms with van der Waals surface area (Å²) in [5.74, 6) is 0.265. The Balaban J connectivity index is 1.92. The molecule has 2 N–H and O–H groups in total. The third kappa shape index (κ3) is 4.61. The number of methoxy groups -OCH3 is 2. The van der Waals surface area contributed by atoms with Gasteiger partial charge in [-0.1, -0.05) is 25.3 Å². The summed E-state index contributed by atoms with van der Waals surface area (Å²) < 4.78 is 10.4. The lowest BCUT2D eigenvalue weighted by Crippen LogP contribution is -2.42. The molecule has 1 aromatic rings. The molecule has 0 bridgehead atoms. The van der Waals surface area contributed by atoms with E-state index in [2.05, 4.69) is 10.6 Å². The molecule has 1 saturated carbocycles. The van der Waals surface area contributed by atoms with Crippen LogP contribution in [0, 0.1) is 0 Å². The molecular formula is C17H24N2O4. The van der Waals surface area contributed by atoms with Gasteiger partial charge in [0.25, 0.3) is 5.91 Å². The van der Waals surface area contributed by atoms with Crippen molar-refractivity contribution in [2.75, 3.05) is 20.8 Å². The molecule has 0 atom stereocenters. The highest BCUT2D eigenvalue weighted by atomic mass is 16.5. The minimum Gasteiger partial charge on any atom is -0.496 e. The summed E-state index contributed by atoms with van der Waals surface area (Å²) in [4.78, 5) is 24.3. The lowest BCUT2D eigenvalue weighted by molar-refractivity contribution is -0.121. The number of rotatable bonds is 6. The van der Waals surface area contributed by atoms with Crippen molar-refractivity contribution in [1.29, 1.82) is 0 Å². The molecule has 1 fully saturated rings. The van der Waals surface area contributed by atoms with E-state index in [-0.39, 0.29) is 18.5 Å². The molecule has 0 aromatic heterocycles. The minimum absolute atomic E-state index is 0.0590. The van der Waals surface area contributed by atoms with Gasteiger partial charge >= 0.3 is 0 Å². The molecule has 126 valence electrons. The van der Waals surface area contributed by atoms with E-state index in [0.717, 1.165) is 25.7 Å². The first-order valence-corrected chi connectivity index (χ1v) is 7.94. The standard InChI is InChI=1S/C17H24N2O4/c1-22-13-9-6-10-14(23-2)16(13)17(21)18-11-15(20)19-12-7-4-3-5-8-12/h6,9-10,12H,3-5,7-8,11H2,1-2H3,(H,18,21)(H,19,20). The number of ether oxygens (including phenoxy) is 2. The quantitative estimate of drug-likeness (QED) is 0.839. The van der Waals surface area contributed by atoms with Gasteiger partial charge in [0.2, 0.25) is 5.91 Å². The Hall–Kier alpha value is -2.24. The Morgan fingerprint density at radius 2 is 1.70 bits per heavy atom. The Bertz CT molecular complexity index is 531. The van der Waals surface area contributed by atoms with Crippen molar-refractivity contribution >= 4 is 11.8 Å². The van der Waals surface area contributed by atoms with Crippen LogP contribution < -0.4 is 20.1 Å². The fourth-order valence-electron chi connectivity index (χ4n) is 2.85. The number of hydrogen-bond donors (Lipinski definition) is 2. The van der Waals surface area contributed by atoms with Crippen LogP contribution in [0.5, 0.6) is 11.5 Å². The Morgan fingerprint density at radius 3 is 2.26 bits per heavy atom. The molecule has 6 heteroatoms. The van der Waals surface area contributed by atoms with Gasteiger partial charge < -0.3 is 20.1 Å². The van der Waals surface area contributed by atoms with E-state index in [0.29, 0.717) is 17.1 Å². The van der Waals surface area contributed by atoms with Crippen LogP contribution in [0.1, 0.15) is 42.5 Å². The van der Waals surface area contributed by atoms with Gasteiger partial charge in [-0.15, -0.1) is 0 Å². The van der Waals surface area contributed by atoms with E-state index in [4.69, 9.17) is 9.47 Å². The molecule has 2 amide bonds. The summed E-state index contributed by atoms with van der Waals surface area (Å²) in [6.45, 7) is -0.0590. The van der Waals surface area contributed by atoms with Crippen molar-refractivity contribution < 1.29 is 19.1 Å². The van der Waals surface area contributed by atoms with Crippen LogP contribution in [-0.2, 0) is 4.79 Å². The summed E-state index contributed by atoms with van der Waals surface area (Å²) in [7, 11) is 2.97. The molecule has 1 aliphatic carbocycles. The van der Waals surface area contributed by atoms with Gasteiger partial charge in [-0.2, -0.15) is 0 Å². The van der Waals surface area contributed by atoms with Crippen molar-refractivity contribution in [1.82, 2.24) is 10.6 Å². The number of amides is 2. The molecule has 6 nitrogen and oxygen atoms in total. The van der Waals surface area contributed by atoms with Crippen molar-refractivity contribution in [2.45, 2.75) is 38.1 Å². The third-order valence-corrected chi connectivity index (χ3v) is 4.03. The maximum Gasteiger partial charge on any atom is 0.259 e. The fourth-order valence-corrected chi connectivity index (χ4v) is 2.85. The van der Waals surface area contributed by atoms with Gasteiger partial charge in [-0.25, -0.2) is 0 Å². The molecule has 2 rings (SSSR count). The Morgan fingerprint density at radius 1 is 1.09 bits per heavy atom. The second kappa shape index (κ2) is 8.41. The minimum atomic E-state index is -0.391. The van der Waals surface area contributed by atoms with E-state index in [1.54, 1.807) is 18.2 Å². The van der Waals surface area contributed by atoms with E-state index in [1.807, 2.05) is 0 Å². The van der Waals surface area contributed by atoms with Crippen LogP contribution in [0.2, 0.25) is 0 Å². The highest BCUT2D eigenvalue weighted by molar-refractivity contribution is 6.01. The lowest BCUT2D eigenvalue weighted by atomic mass is 9.95. The first-order valence-electron chi connectivity index (χ1n) is 7.94. The van der Waals surface area contributed by atoms with E-state index in [9.17, 15) is 9.59 Å². The number of hydrogen-bond acceptors (Lipinski definition) is 4. The van der Waals surface area contributed by atoms with Crippen LogP contribution in [0.15, 0.2) is 18.2 Å². The second-order valence-corrected chi connectivity index (χ2v) is 5.62. The third-order valence-electron chi connectivity index (χ3n) is 4.03. The highest BCUT2D eigenvalue weighted by Crippen LogP contribution is 2.27. The Labute approximate surface area is 136 Å². The van der Waals surface area contributed by atoms with E-state index >= 15 is 0 Å². The van der Waals surface area contributed by atoms with Crippen LogP contribution in [0.3, 0.4) is 0 Å². The van der Waals surface area contributed by atoms with Gasteiger partial charge in [0.1, 0.15) is 17.1 Å². The monoisotopic (exact) mass is 320 g/mol. The molecule has 1 aromatic carbocycles. The van der Waals surface area contributed by atoms with Gasteiger partial charge in [0.05, 0.1) is 20.8 Å². The first kappa shape index (κ1) is 17.1. The molecule has 0 saturated heterocycles. The molecule has 0 radical (unpaired) electrons. The largest absolute Gasteiger partial charge is 0.496 e.